The first-order valence-corrected chi connectivity index (χ1v) is 11.0. The van der Waals surface area contributed by atoms with E-state index in [1.165, 1.54) is 30.4 Å². The molecule has 1 N–H and O–H groups in total. The highest BCUT2D eigenvalue weighted by Gasteiger charge is 2.56. The zero-order valence-electron chi connectivity index (χ0n) is 17.8. The number of likely N-dealkylation sites (tertiary alicyclic amines) is 1. The van der Waals surface area contributed by atoms with Crippen molar-refractivity contribution < 1.29 is 14.3 Å². The standard InChI is InChI=1S/C24H32N2O3/c1-22(2,3)19-6-4-16(5-7-19)17-8-9-23(10-17)13-26(14-23)20(27)18-11-24(12-18)15-29-21(28)25-24/h4-7,17-18H,8-15H2,1-3H3,(H,25,28)/t17-,18?,24?/m1/s1. The first-order valence-electron chi connectivity index (χ1n) is 11.0. The van der Waals surface area contributed by atoms with Gasteiger partial charge in [-0.25, -0.2) is 4.79 Å². The van der Waals surface area contributed by atoms with Crippen molar-refractivity contribution in [1.29, 1.82) is 0 Å². The molecule has 2 spiro atoms. The zero-order valence-corrected chi connectivity index (χ0v) is 17.8. The van der Waals surface area contributed by atoms with E-state index in [1.807, 2.05) is 0 Å². The lowest BCUT2D eigenvalue weighted by Gasteiger charge is -2.52. The van der Waals surface area contributed by atoms with Crippen molar-refractivity contribution in [2.24, 2.45) is 11.3 Å². The molecule has 5 rings (SSSR count). The van der Waals surface area contributed by atoms with Crippen LogP contribution in [0.3, 0.4) is 0 Å². The van der Waals surface area contributed by atoms with Crippen LogP contribution in [-0.2, 0) is 14.9 Å². The van der Waals surface area contributed by atoms with Gasteiger partial charge in [-0.3, -0.25) is 4.79 Å². The summed E-state index contributed by atoms with van der Waals surface area (Å²) in [4.78, 5) is 26.2. The van der Waals surface area contributed by atoms with Gasteiger partial charge in [0, 0.05) is 24.4 Å². The van der Waals surface area contributed by atoms with Crippen LogP contribution < -0.4 is 5.32 Å². The van der Waals surface area contributed by atoms with Crippen molar-refractivity contribution in [2.45, 2.75) is 69.7 Å². The summed E-state index contributed by atoms with van der Waals surface area (Å²) in [5, 5.41) is 2.88. The summed E-state index contributed by atoms with van der Waals surface area (Å²) < 4.78 is 5.02. The summed E-state index contributed by atoms with van der Waals surface area (Å²) >= 11 is 0. The molecule has 2 amide bonds. The van der Waals surface area contributed by atoms with Gasteiger partial charge in [0.05, 0.1) is 5.54 Å². The summed E-state index contributed by atoms with van der Waals surface area (Å²) in [7, 11) is 0. The number of alkyl carbamates (subject to hydrolysis) is 1. The highest BCUT2D eigenvalue weighted by molar-refractivity contribution is 5.82. The topological polar surface area (TPSA) is 58.6 Å². The van der Waals surface area contributed by atoms with Crippen LogP contribution in [0.25, 0.3) is 0 Å². The quantitative estimate of drug-likeness (QED) is 0.823. The third-order valence-corrected chi connectivity index (χ3v) is 7.79. The molecule has 2 saturated carbocycles. The Balaban J connectivity index is 1.14. The van der Waals surface area contributed by atoms with E-state index in [9.17, 15) is 9.59 Å². The van der Waals surface area contributed by atoms with E-state index >= 15 is 0 Å². The molecule has 0 unspecified atom stereocenters. The van der Waals surface area contributed by atoms with E-state index in [2.05, 4.69) is 55.3 Å². The average molecular weight is 397 g/mol. The van der Waals surface area contributed by atoms with Gasteiger partial charge in [0.15, 0.2) is 0 Å². The minimum atomic E-state index is -0.341. The number of ether oxygens (including phenoxy) is 1. The molecule has 2 heterocycles. The largest absolute Gasteiger partial charge is 0.447 e. The van der Waals surface area contributed by atoms with Gasteiger partial charge in [-0.15, -0.1) is 0 Å². The first-order chi connectivity index (χ1) is 13.7. The van der Waals surface area contributed by atoms with Gasteiger partial charge >= 0.3 is 6.09 Å². The molecular formula is C24H32N2O3. The Kier molecular flexibility index (Phi) is 4.07. The van der Waals surface area contributed by atoms with Crippen LogP contribution in [-0.4, -0.2) is 42.1 Å². The molecule has 5 nitrogen and oxygen atoms in total. The first kappa shape index (κ1) is 19.0. The zero-order chi connectivity index (χ0) is 20.4. The summed E-state index contributed by atoms with van der Waals surface area (Å²) in [6.45, 7) is 9.00. The molecule has 2 aliphatic heterocycles. The maximum absolute atomic E-state index is 12.8. The Bertz CT molecular complexity index is 827. The fourth-order valence-corrected chi connectivity index (χ4v) is 5.98. The maximum Gasteiger partial charge on any atom is 0.407 e. The Labute approximate surface area is 173 Å². The molecule has 0 radical (unpaired) electrons. The lowest BCUT2D eigenvalue weighted by atomic mass is 9.67. The van der Waals surface area contributed by atoms with Gasteiger partial charge in [0.25, 0.3) is 0 Å². The number of carbonyl (C=O) groups excluding carboxylic acids is 2. The van der Waals surface area contributed by atoms with Gasteiger partial charge in [0.2, 0.25) is 5.91 Å². The maximum atomic E-state index is 12.8. The molecule has 4 aliphatic rings. The Hall–Kier alpha value is -2.04. The summed E-state index contributed by atoms with van der Waals surface area (Å²) in [5.41, 5.74) is 3.10. The fourth-order valence-electron chi connectivity index (χ4n) is 5.98. The predicted molar refractivity (Wildman–Crippen MR) is 111 cm³/mol. The van der Waals surface area contributed by atoms with Crippen molar-refractivity contribution in [3.8, 4) is 0 Å². The molecule has 1 aromatic rings. The van der Waals surface area contributed by atoms with Crippen molar-refractivity contribution in [3.05, 3.63) is 35.4 Å². The molecule has 5 heteroatoms. The van der Waals surface area contributed by atoms with Gasteiger partial charge in [-0.1, -0.05) is 45.0 Å². The molecule has 29 heavy (non-hydrogen) atoms. The van der Waals surface area contributed by atoms with E-state index in [0.717, 1.165) is 25.9 Å². The summed E-state index contributed by atoms with van der Waals surface area (Å²) in [5.74, 6) is 0.955. The predicted octanol–water partition coefficient (Wildman–Crippen LogP) is 3.97. The third kappa shape index (κ3) is 3.23. The monoisotopic (exact) mass is 396 g/mol. The van der Waals surface area contributed by atoms with Crippen LogP contribution in [0.2, 0.25) is 0 Å². The van der Waals surface area contributed by atoms with E-state index in [1.54, 1.807) is 0 Å². The van der Waals surface area contributed by atoms with Crippen LogP contribution in [0.15, 0.2) is 24.3 Å². The molecule has 4 fully saturated rings. The Morgan fingerprint density at radius 2 is 1.83 bits per heavy atom. The third-order valence-electron chi connectivity index (χ3n) is 7.79. The lowest BCUT2D eigenvalue weighted by Crippen LogP contribution is -2.63. The van der Waals surface area contributed by atoms with E-state index in [4.69, 9.17) is 4.74 Å². The number of nitrogens with one attached hydrogen (secondary N) is 1. The molecule has 0 bridgehead atoms. The number of amides is 2. The van der Waals surface area contributed by atoms with Crippen LogP contribution in [0.4, 0.5) is 4.79 Å². The number of benzene rings is 1. The Morgan fingerprint density at radius 1 is 1.14 bits per heavy atom. The lowest BCUT2D eigenvalue weighted by molar-refractivity contribution is -0.153. The smallest absolute Gasteiger partial charge is 0.407 e. The number of rotatable bonds is 2. The van der Waals surface area contributed by atoms with E-state index < -0.39 is 0 Å². The second-order valence-electron chi connectivity index (χ2n) is 11.1. The second-order valence-corrected chi connectivity index (χ2v) is 11.1. The van der Waals surface area contributed by atoms with Crippen molar-refractivity contribution in [2.75, 3.05) is 19.7 Å². The van der Waals surface area contributed by atoms with Crippen LogP contribution >= 0.6 is 0 Å². The molecule has 0 aromatic heterocycles. The fraction of sp³-hybridized carbons (Fsp3) is 0.667. The van der Waals surface area contributed by atoms with E-state index in [-0.39, 0.29) is 28.9 Å². The number of hydrogen-bond donors (Lipinski definition) is 1. The summed E-state index contributed by atoms with van der Waals surface area (Å²) in [6, 6.07) is 9.21. The minimum Gasteiger partial charge on any atom is -0.447 e. The highest BCUT2D eigenvalue weighted by Crippen LogP contribution is 2.53. The molecule has 156 valence electrons. The SMILES string of the molecule is CC(C)(C)c1ccc([C@@H]2CCC3(C2)CN(C(=O)C2CC4(COC(=O)N4)C2)C3)cc1. The normalized spacial score (nSPS) is 32.7. The summed E-state index contributed by atoms with van der Waals surface area (Å²) in [6.07, 6.45) is 4.76. The molecule has 1 aromatic carbocycles. The molecule has 1 atom stereocenters. The molecule has 2 aliphatic carbocycles. The van der Waals surface area contributed by atoms with E-state index in [0.29, 0.717) is 17.9 Å². The molecule has 2 saturated heterocycles. The van der Waals surface area contributed by atoms with Crippen LogP contribution in [0.5, 0.6) is 0 Å². The van der Waals surface area contributed by atoms with Gasteiger partial charge in [-0.2, -0.15) is 0 Å². The van der Waals surface area contributed by atoms with Crippen molar-refractivity contribution >= 4 is 12.0 Å². The van der Waals surface area contributed by atoms with Crippen LogP contribution in [0.1, 0.15) is 69.9 Å². The average Bonchev–Trinajstić information content (AvgIpc) is 3.22. The van der Waals surface area contributed by atoms with Gasteiger partial charge in [0.1, 0.15) is 6.61 Å². The van der Waals surface area contributed by atoms with Crippen molar-refractivity contribution in [1.82, 2.24) is 10.2 Å². The number of nitrogens with zero attached hydrogens (tertiary/aromatic N) is 1. The second kappa shape index (κ2) is 6.23. The minimum absolute atomic E-state index is 0.0523. The van der Waals surface area contributed by atoms with Crippen molar-refractivity contribution in [3.63, 3.8) is 0 Å². The number of hydrogen-bond acceptors (Lipinski definition) is 3. The highest BCUT2D eigenvalue weighted by atomic mass is 16.6. The Morgan fingerprint density at radius 3 is 2.41 bits per heavy atom. The van der Waals surface area contributed by atoms with Gasteiger partial charge in [-0.05, 0) is 54.6 Å². The number of cyclic esters (lactones) is 1. The van der Waals surface area contributed by atoms with Crippen LogP contribution in [0, 0.1) is 11.3 Å². The molecular weight excluding hydrogens is 364 g/mol. The number of carbonyl (C=O) groups is 2. The van der Waals surface area contributed by atoms with Gasteiger partial charge < -0.3 is 15.0 Å².